The van der Waals surface area contributed by atoms with Crippen molar-refractivity contribution in [3.05, 3.63) is 0 Å². The van der Waals surface area contributed by atoms with Crippen LogP contribution in [-0.4, -0.2) is 33.1 Å². The van der Waals surface area contributed by atoms with Crippen molar-refractivity contribution in [3.63, 3.8) is 0 Å². The summed E-state index contributed by atoms with van der Waals surface area (Å²) in [6.07, 6.45) is 8.74. The maximum absolute atomic E-state index is 11.1. The predicted molar refractivity (Wildman–Crippen MR) is 99.0 cm³/mol. The standard InChI is InChI=1S/C22H38O3/c1-14(23)22(25)12-18-16-6-9-20(3)11-15(24)5-10-21(20,4)17(16)7-8-19(18,2)13-22/h14-18,23-25H,5-13H2,1-4H3/t14-,15+,16+,17-,18+,19-,20+,21+,22+/m0/s1. The topological polar surface area (TPSA) is 60.7 Å². The molecule has 9 atom stereocenters. The third-order valence-electron chi connectivity index (χ3n) is 9.93. The normalized spacial score (nSPS) is 59.6. The van der Waals surface area contributed by atoms with Crippen LogP contribution in [-0.2, 0) is 0 Å². The Balaban J connectivity index is 1.65. The molecule has 4 fully saturated rings. The van der Waals surface area contributed by atoms with Crippen LogP contribution < -0.4 is 0 Å². The second-order valence-electron chi connectivity index (χ2n) is 11.1. The van der Waals surface area contributed by atoms with Gasteiger partial charge in [-0.3, -0.25) is 0 Å². The van der Waals surface area contributed by atoms with Crippen molar-refractivity contribution in [3.8, 4) is 0 Å². The summed E-state index contributed by atoms with van der Waals surface area (Å²) in [4.78, 5) is 0. The smallest absolute Gasteiger partial charge is 0.0910 e. The number of aliphatic hydroxyl groups excluding tert-OH is 2. The van der Waals surface area contributed by atoms with Crippen molar-refractivity contribution < 1.29 is 15.3 Å². The fourth-order valence-corrected chi connectivity index (χ4v) is 8.09. The van der Waals surface area contributed by atoms with Crippen molar-refractivity contribution >= 4 is 0 Å². The van der Waals surface area contributed by atoms with Crippen molar-refractivity contribution in [1.82, 2.24) is 0 Å². The average Bonchev–Trinajstić information content (AvgIpc) is 2.81. The summed E-state index contributed by atoms with van der Waals surface area (Å²) in [6, 6.07) is 0. The quantitative estimate of drug-likeness (QED) is 0.672. The van der Waals surface area contributed by atoms with Gasteiger partial charge in [0.05, 0.1) is 17.8 Å². The van der Waals surface area contributed by atoms with Crippen molar-refractivity contribution in [1.29, 1.82) is 0 Å². The van der Waals surface area contributed by atoms with E-state index in [4.69, 9.17) is 0 Å². The molecule has 144 valence electrons. The Labute approximate surface area is 153 Å². The SMILES string of the molecule is C[C@H](O)[C@@]1(O)C[C@@H]2[C@@H]3CC[C@]4(C)C[C@H](O)CC[C@]4(C)[C@H]3CC[C@@]2(C)C1. The van der Waals surface area contributed by atoms with Crippen LogP contribution in [0.25, 0.3) is 0 Å². The van der Waals surface area contributed by atoms with Gasteiger partial charge in [-0.15, -0.1) is 0 Å². The molecule has 3 N–H and O–H groups in total. The van der Waals surface area contributed by atoms with E-state index in [9.17, 15) is 15.3 Å². The molecule has 4 rings (SSSR count). The first-order valence-corrected chi connectivity index (χ1v) is 10.6. The van der Waals surface area contributed by atoms with Crippen LogP contribution in [0.4, 0.5) is 0 Å². The summed E-state index contributed by atoms with van der Waals surface area (Å²) in [5.74, 6) is 1.94. The maximum atomic E-state index is 11.1. The van der Waals surface area contributed by atoms with Crippen molar-refractivity contribution in [2.45, 2.75) is 103 Å². The highest BCUT2D eigenvalue weighted by molar-refractivity contribution is 5.14. The van der Waals surface area contributed by atoms with Gasteiger partial charge in [0.15, 0.2) is 0 Å². The first-order chi connectivity index (χ1) is 11.5. The van der Waals surface area contributed by atoms with Crippen LogP contribution in [0.1, 0.15) is 85.5 Å². The molecule has 0 spiro atoms. The zero-order chi connectivity index (χ0) is 18.3. The molecule has 0 unspecified atom stereocenters. The lowest BCUT2D eigenvalue weighted by Gasteiger charge is -2.64. The van der Waals surface area contributed by atoms with Crippen LogP contribution in [0.5, 0.6) is 0 Å². The fraction of sp³-hybridized carbons (Fsp3) is 1.00. The second kappa shape index (κ2) is 5.45. The van der Waals surface area contributed by atoms with Gasteiger partial charge in [-0.1, -0.05) is 20.8 Å². The Morgan fingerprint density at radius 2 is 1.64 bits per heavy atom. The van der Waals surface area contributed by atoms with E-state index in [2.05, 4.69) is 20.8 Å². The van der Waals surface area contributed by atoms with Crippen molar-refractivity contribution in [2.24, 2.45) is 34.0 Å². The molecule has 4 aliphatic carbocycles. The van der Waals surface area contributed by atoms with Gasteiger partial charge >= 0.3 is 0 Å². The van der Waals surface area contributed by atoms with Gasteiger partial charge in [0.1, 0.15) is 0 Å². The van der Waals surface area contributed by atoms with E-state index in [-0.39, 0.29) is 16.9 Å². The Morgan fingerprint density at radius 3 is 2.32 bits per heavy atom. The third-order valence-corrected chi connectivity index (χ3v) is 9.93. The summed E-state index contributed by atoms with van der Waals surface area (Å²) < 4.78 is 0. The van der Waals surface area contributed by atoms with Gasteiger partial charge in [-0.05, 0) is 98.7 Å². The first-order valence-electron chi connectivity index (χ1n) is 10.6. The third kappa shape index (κ3) is 2.41. The molecular weight excluding hydrogens is 312 g/mol. The summed E-state index contributed by atoms with van der Waals surface area (Å²) in [7, 11) is 0. The fourth-order valence-electron chi connectivity index (χ4n) is 8.09. The van der Waals surface area contributed by atoms with Gasteiger partial charge in [0.2, 0.25) is 0 Å². The summed E-state index contributed by atoms with van der Waals surface area (Å²) >= 11 is 0. The molecule has 4 aliphatic rings. The van der Waals surface area contributed by atoms with Gasteiger partial charge in [-0.2, -0.15) is 0 Å². The average molecular weight is 351 g/mol. The molecule has 0 aromatic heterocycles. The largest absolute Gasteiger partial charge is 0.393 e. The predicted octanol–water partition coefficient (Wildman–Crippen LogP) is 3.89. The van der Waals surface area contributed by atoms with E-state index in [1.54, 1.807) is 6.92 Å². The highest BCUT2D eigenvalue weighted by Crippen LogP contribution is 2.70. The molecule has 0 bridgehead atoms. The van der Waals surface area contributed by atoms with Gasteiger partial charge in [-0.25, -0.2) is 0 Å². The molecule has 0 saturated heterocycles. The highest BCUT2D eigenvalue weighted by Gasteiger charge is 2.64. The zero-order valence-electron chi connectivity index (χ0n) is 16.6. The van der Waals surface area contributed by atoms with Crippen LogP contribution >= 0.6 is 0 Å². The molecule has 4 saturated carbocycles. The second-order valence-corrected chi connectivity index (χ2v) is 11.1. The first kappa shape index (κ1) is 18.3. The lowest BCUT2D eigenvalue weighted by molar-refractivity contribution is -0.166. The van der Waals surface area contributed by atoms with Crippen LogP contribution in [0.2, 0.25) is 0 Å². The van der Waals surface area contributed by atoms with E-state index in [0.29, 0.717) is 23.2 Å². The lowest BCUT2D eigenvalue weighted by atomic mass is 9.40. The zero-order valence-corrected chi connectivity index (χ0v) is 16.6. The van der Waals surface area contributed by atoms with E-state index < -0.39 is 11.7 Å². The van der Waals surface area contributed by atoms with E-state index in [1.807, 2.05) is 0 Å². The lowest BCUT2D eigenvalue weighted by Crippen LogP contribution is -2.57. The molecular formula is C22H38O3. The van der Waals surface area contributed by atoms with Crippen LogP contribution in [0.15, 0.2) is 0 Å². The van der Waals surface area contributed by atoms with E-state index in [1.165, 1.54) is 25.7 Å². The van der Waals surface area contributed by atoms with E-state index >= 15 is 0 Å². The van der Waals surface area contributed by atoms with E-state index in [0.717, 1.165) is 32.1 Å². The van der Waals surface area contributed by atoms with Crippen molar-refractivity contribution in [2.75, 3.05) is 0 Å². The Hall–Kier alpha value is -0.120. The summed E-state index contributed by atoms with van der Waals surface area (Å²) in [6.45, 7) is 9.07. The number of hydrogen-bond acceptors (Lipinski definition) is 3. The number of hydrogen-bond donors (Lipinski definition) is 3. The minimum atomic E-state index is -0.890. The molecule has 0 heterocycles. The number of rotatable bonds is 1. The Kier molecular flexibility index (Phi) is 3.98. The van der Waals surface area contributed by atoms with Gasteiger partial charge in [0.25, 0.3) is 0 Å². The highest BCUT2D eigenvalue weighted by atomic mass is 16.3. The van der Waals surface area contributed by atoms with Gasteiger partial charge in [0, 0.05) is 0 Å². The molecule has 3 nitrogen and oxygen atoms in total. The summed E-state index contributed by atoms with van der Waals surface area (Å²) in [5.41, 5.74) is -0.120. The Morgan fingerprint density at radius 1 is 0.920 bits per heavy atom. The molecule has 0 amide bonds. The molecule has 0 aliphatic heterocycles. The van der Waals surface area contributed by atoms with Gasteiger partial charge < -0.3 is 15.3 Å². The minimum absolute atomic E-state index is 0.115. The van der Waals surface area contributed by atoms with Crippen LogP contribution in [0, 0.1) is 34.0 Å². The molecule has 0 aromatic carbocycles. The molecule has 25 heavy (non-hydrogen) atoms. The summed E-state index contributed by atoms with van der Waals surface area (Å²) in [5, 5.41) is 31.5. The molecule has 3 heteroatoms. The minimum Gasteiger partial charge on any atom is -0.393 e. The Bertz CT molecular complexity index is 547. The molecule has 0 aromatic rings. The molecule has 0 radical (unpaired) electrons. The van der Waals surface area contributed by atoms with Crippen LogP contribution in [0.3, 0.4) is 0 Å². The maximum Gasteiger partial charge on any atom is 0.0910 e. The number of aliphatic hydroxyl groups is 3. The number of fused-ring (bicyclic) bond motifs is 5. The monoisotopic (exact) mass is 350 g/mol.